The number of H-pyrrole nitrogens is 1. The van der Waals surface area contributed by atoms with Crippen LogP contribution in [0.5, 0.6) is 0 Å². The largest absolute Gasteiger partial charge is 0.512 e. The fourth-order valence-electron chi connectivity index (χ4n) is 6.22. The number of allylic oxidation sites excluding steroid dienone is 8. The van der Waals surface area contributed by atoms with Crippen molar-refractivity contribution in [3.8, 4) is 0 Å². The van der Waals surface area contributed by atoms with Crippen LogP contribution in [0.15, 0.2) is 119 Å². The van der Waals surface area contributed by atoms with Gasteiger partial charge in [0.25, 0.3) is 0 Å². The van der Waals surface area contributed by atoms with Gasteiger partial charge in [-0.3, -0.25) is 4.79 Å². The highest BCUT2D eigenvalue weighted by molar-refractivity contribution is 6.16. The molecule has 1 heterocycles. The Morgan fingerprint density at radius 2 is 1.56 bits per heavy atom. The lowest BCUT2D eigenvalue weighted by molar-refractivity contribution is -0.113. The lowest BCUT2D eigenvalue weighted by atomic mass is 9.93. The summed E-state index contributed by atoms with van der Waals surface area (Å²) in [7, 11) is 0. The highest BCUT2D eigenvalue weighted by Crippen LogP contribution is 2.38. The highest BCUT2D eigenvalue weighted by Gasteiger charge is 2.25. The quantitative estimate of drug-likeness (QED) is 0.116. The molecule has 0 fully saturated rings. The number of benzene rings is 4. The summed E-state index contributed by atoms with van der Waals surface area (Å²) >= 11 is 0. The van der Waals surface area contributed by atoms with Gasteiger partial charge in [-0.05, 0) is 90.3 Å². The van der Waals surface area contributed by atoms with Crippen LogP contribution in [0.25, 0.3) is 38.5 Å². The van der Waals surface area contributed by atoms with Crippen molar-refractivity contribution in [3.63, 3.8) is 0 Å². The summed E-state index contributed by atoms with van der Waals surface area (Å²) in [6, 6.07) is 24.8. The molecule has 0 saturated carbocycles. The maximum Gasteiger partial charge on any atom is 0.163 e. The number of carbonyl (C=O) groups excluding carboxylic acids is 1. The van der Waals surface area contributed by atoms with Crippen molar-refractivity contribution < 1.29 is 9.90 Å². The molecule has 0 radical (unpaired) electrons. The zero-order valence-corrected chi connectivity index (χ0v) is 23.5. The van der Waals surface area contributed by atoms with Crippen LogP contribution in [-0.4, -0.2) is 21.6 Å². The first-order valence-electron chi connectivity index (χ1n) is 13.9. The van der Waals surface area contributed by atoms with E-state index >= 15 is 0 Å². The van der Waals surface area contributed by atoms with Crippen LogP contribution in [0.1, 0.15) is 37.8 Å². The number of hydrogen-bond donors (Lipinski definition) is 3. The van der Waals surface area contributed by atoms with Gasteiger partial charge in [-0.2, -0.15) is 0 Å². The van der Waals surface area contributed by atoms with Crippen LogP contribution in [0, 0.1) is 12.3 Å². The Hall–Kier alpha value is -4.96. The van der Waals surface area contributed by atoms with Crippen molar-refractivity contribution >= 4 is 50.0 Å². The molecular weight excluding hydrogens is 504 g/mol. The standard InChI is InChI=1S/C37H32N2O2/c1-22-8-4-9-25-10-5-13-29(34(22)25)31(38)20-18-27-16-17-28(36(27)35(23(2)40)24(3)41)19-21-32-30-14-6-11-26-12-7-15-33(39-32)37(26)30/h4-15,18-21,38-40H,16-17H2,1-3H3/b20-18?,28-19-,32-21-,35-23?,38-31?. The average Bonchev–Trinajstić information content (AvgIpc) is 3.52. The van der Waals surface area contributed by atoms with E-state index in [1.54, 1.807) is 6.92 Å². The SMILES string of the molecule is CC(=O)C(=C(C)O)C1=C(C=CC(=N)c2cccc3cccc(C)c23)CC/C1=C/C=c1\[nH]c2cccc3cccc1c32. The van der Waals surface area contributed by atoms with Gasteiger partial charge in [0.2, 0.25) is 0 Å². The van der Waals surface area contributed by atoms with Crippen LogP contribution in [0.2, 0.25) is 0 Å². The fourth-order valence-corrected chi connectivity index (χ4v) is 6.22. The van der Waals surface area contributed by atoms with Gasteiger partial charge < -0.3 is 15.5 Å². The van der Waals surface area contributed by atoms with Gasteiger partial charge in [-0.25, -0.2) is 0 Å². The van der Waals surface area contributed by atoms with Gasteiger partial charge in [0.1, 0.15) is 5.76 Å². The van der Waals surface area contributed by atoms with Crippen LogP contribution in [0.4, 0.5) is 0 Å². The van der Waals surface area contributed by atoms with Gasteiger partial charge in [-0.1, -0.05) is 78.9 Å². The zero-order valence-electron chi connectivity index (χ0n) is 23.5. The summed E-state index contributed by atoms with van der Waals surface area (Å²) in [6.45, 7) is 5.13. The second-order valence-corrected chi connectivity index (χ2v) is 10.7. The lowest BCUT2D eigenvalue weighted by Crippen LogP contribution is -2.06. The Balaban J connectivity index is 1.45. The maximum absolute atomic E-state index is 12.8. The Morgan fingerprint density at radius 3 is 2.29 bits per heavy atom. The molecule has 41 heavy (non-hydrogen) atoms. The van der Waals surface area contributed by atoms with E-state index in [0.717, 1.165) is 67.7 Å². The molecule has 0 saturated heterocycles. The van der Waals surface area contributed by atoms with Crippen LogP contribution < -0.4 is 5.35 Å². The molecule has 5 aromatic rings. The molecule has 6 rings (SSSR count). The van der Waals surface area contributed by atoms with Crippen molar-refractivity contribution in [1.29, 1.82) is 5.41 Å². The predicted molar refractivity (Wildman–Crippen MR) is 170 cm³/mol. The van der Waals surface area contributed by atoms with E-state index in [1.165, 1.54) is 17.7 Å². The molecule has 0 unspecified atom stereocenters. The minimum absolute atomic E-state index is 0.00905. The van der Waals surface area contributed by atoms with Gasteiger partial charge in [0.05, 0.1) is 11.3 Å². The molecule has 1 aromatic heterocycles. The molecular formula is C37H32N2O2. The average molecular weight is 537 g/mol. The minimum atomic E-state index is -0.178. The third kappa shape index (κ3) is 4.72. The Labute approximate surface area is 239 Å². The van der Waals surface area contributed by atoms with E-state index in [-0.39, 0.29) is 11.5 Å². The van der Waals surface area contributed by atoms with E-state index in [1.807, 2.05) is 30.4 Å². The second-order valence-electron chi connectivity index (χ2n) is 10.7. The molecule has 4 aromatic carbocycles. The zero-order chi connectivity index (χ0) is 28.7. The number of fused-ring (bicyclic) bond motifs is 1. The molecule has 4 heteroatoms. The first-order valence-corrected chi connectivity index (χ1v) is 13.9. The monoisotopic (exact) mass is 536 g/mol. The third-order valence-electron chi connectivity index (χ3n) is 8.04. The number of carbonyl (C=O) groups is 1. The molecule has 3 N–H and O–H groups in total. The number of aryl methyl sites for hydroxylation is 1. The molecule has 0 atom stereocenters. The van der Waals surface area contributed by atoms with E-state index < -0.39 is 0 Å². The van der Waals surface area contributed by atoms with Gasteiger partial charge in [-0.15, -0.1) is 0 Å². The number of rotatable bonds is 6. The summed E-state index contributed by atoms with van der Waals surface area (Å²) in [6.07, 6.45) is 9.35. The van der Waals surface area contributed by atoms with Gasteiger partial charge in [0, 0.05) is 27.2 Å². The Bertz CT molecular complexity index is 2050. The van der Waals surface area contributed by atoms with E-state index in [2.05, 4.69) is 78.7 Å². The van der Waals surface area contributed by atoms with Gasteiger partial charge in [0.15, 0.2) is 5.78 Å². The smallest absolute Gasteiger partial charge is 0.163 e. The first kappa shape index (κ1) is 26.3. The number of Topliss-reactive ketones (excluding diaryl/α,β-unsaturated/α-hetero) is 1. The van der Waals surface area contributed by atoms with Crippen molar-refractivity contribution in [3.05, 3.63) is 136 Å². The Kier molecular flexibility index (Phi) is 6.76. The number of aliphatic hydroxyl groups is 1. The molecule has 0 aliphatic heterocycles. The van der Waals surface area contributed by atoms with Crippen LogP contribution in [0.3, 0.4) is 0 Å². The number of nitrogens with one attached hydrogen (secondary N) is 2. The number of hydrogen-bond acceptors (Lipinski definition) is 3. The van der Waals surface area contributed by atoms with Crippen molar-refractivity contribution in [1.82, 2.24) is 4.98 Å². The minimum Gasteiger partial charge on any atom is -0.512 e. The summed E-state index contributed by atoms with van der Waals surface area (Å²) < 4.78 is 0. The summed E-state index contributed by atoms with van der Waals surface area (Å²) in [5.41, 5.74) is 6.54. The normalized spacial score (nSPS) is 16.2. The second kappa shape index (κ2) is 10.5. The lowest BCUT2D eigenvalue weighted by Gasteiger charge is -2.11. The number of aromatic amines is 1. The molecule has 1 aliphatic rings. The molecule has 202 valence electrons. The van der Waals surface area contributed by atoms with Crippen LogP contribution >= 0.6 is 0 Å². The molecule has 0 spiro atoms. The highest BCUT2D eigenvalue weighted by atomic mass is 16.3. The molecule has 4 nitrogen and oxygen atoms in total. The van der Waals surface area contributed by atoms with E-state index in [4.69, 9.17) is 5.41 Å². The molecule has 0 amide bonds. The van der Waals surface area contributed by atoms with Crippen molar-refractivity contribution in [2.75, 3.05) is 0 Å². The summed E-state index contributed by atoms with van der Waals surface area (Å²) in [5, 5.41) is 26.2. The van der Waals surface area contributed by atoms with Gasteiger partial charge >= 0.3 is 0 Å². The van der Waals surface area contributed by atoms with E-state index in [9.17, 15) is 9.90 Å². The molecule has 0 bridgehead atoms. The van der Waals surface area contributed by atoms with Crippen molar-refractivity contribution in [2.45, 2.75) is 33.6 Å². The first-order chi connectivity index (χ1) is 19.8. The number of aliphatic hydroxyl groups excluding tert-OH is 1. The van der Waals surface area contributed by atoms with Crippen molar-refractivity contribution in [2.24, 2.45) is 0 Å². The summed E-state index contributed by atoms with van der Waals surface area (Å²) in [4.78, 5) is 16.3. The third-order valence-corrected chi connectivity index (χ3v) is 8.04. The summed E-state index contributed by atoms with van der Waals surface area (Å²) in [5.74, 6) is -0.169. The predicted octanol–water partition coefficient (Wildman–Crippen LogP) is 8.34. The fraction of sp³-hybridized carbons (Fsp3) is 0.135. The molecule has 1 aliphatic carbocycles. The number of ketones is 1. The van der Waals surface area contributed by atoms with Crippen LogP contribution in [-0.2, 0) is 4.79 Å². The topological polar surface area (TPSA) is 76.9 Å². The maximum atomic E-state index is 12.8. The number of aromatic nitrogens is 1. The van der Waals surface area contributed by atoms with E-state index in [0.29, 0.717) is 11.3 Å². The Morgan fingerprint density at radius 1 is 0.878 bits per heavy atom.